The van der Waals surface area contributed by atoms with E-state index in [9.17, 15) is 24.9 Å². The van der Waals surface area contributed by atoms with Crippen molar-refractivity contribution in [3.8, 4) is 5.75 Å². The lowest BCUT2D eigenvalue weighted by Crippen LogP contribution is -2.43. The number of methoxy groups -OCH3 is 1. The van der Waals surface area contributed by atoms with Crippen molar-refractivity contribution in [2.45, 2.75) is 31.1 Å². The number of rotatable bonds is 5. The molecule has 11 nitrogen and oxygen atoms in total. The first-order valence-electron chi connectivity index (χ1n) is 8.82. The van der Waals surface area contributed by atoms with Crippen molar-refractivity contribution in [2.75, 3.05) is 13.7 Å². The highest BCUT2D eigenvalue weighted by molar-refractivity contribution is 5.86. The van der Waals surface area contributed by atoms with Crippen LogP contribution in [0.1, 0.15) is 11.9 Å². The second kappa shape index (κ2) is 7.44. The number of hydrogen-bond acceptors (Lipinski definition) is 9. The minimum absolute atomic E-state index is 0.208. The van der Waals surface area contributed by atoms with Crippen LogP contribution >= 0.6 is 0 Å². The molecule has 3 aromatic rings. The summed E-state index contributed by atoms with van der Waals surface area (Å²) < 4.78 is 17.8. The molecule has 3 heterocycles. The summed E-state index contributed by atoms with van der Waals surface area (Å²) in [6.45, 7) is -0.742. The summed E-state index contributed by atoms with van der Waals surface area (Å²) in [5.41, 5.74) is -0.620. The summed E-state index contributed by atoms with van der Waals surface area (Å²) in [6, 6.07) is 6.24. The van der Waals surface area contributed by atoms with E-state index in [1.54, 1.807) is 18.2 Å². The number of fused-ring (bicyclic) bond motifs is 1. The topological polar surface area (TPSA) is 149 Å². The third-order valence-electron chi connectivity index (χ3n) is 4.95. The Bertz CT molecular complexity index is 1150. The van der Waals surface area contributed by atoms with Crippen LogP contribution in [0.5, 0.6) is 5.75 Å². The van der Waals surface area contributed by atoms with Gasteiger partial charge in [-0.1, -0.05) is 11.2 Å². The molecule has 0 saturated carbocycles. The first kappa shape index (κ1) is 19.3. The van der Waals surface area contributed by atoms with Crippen molar-refractivity contribution in [3.63, 3.8) is 0 Å². The van der Waals surface area contributed by atoms with Gasteiger partial charge in [0.05, 0.1) is 25.6 Å². The van der Waals surface area contributed by atoms with E-state index >= 15 is 0 Å². The standard InChI is InChI=1S/C18H19N3O8/c1-27-10-3-2-4-11-14(10)9(19-29-11)7-21-13(23)5-6-20(18(21)26)17-16(25)15(24)12(8-22)28-17/h2-6,12,15-17,22,24-25H,7-8H2,1H3/t12-,15+,16+,17-/m1/s1. The number of hydrogen-bond donors (Lipinski definition) is 3. The second-order valence-electron chi connectivity index (χ2n) is 6.62. The van der Waals surface area contributed by atoms with Crippen LogP contribution in [0.25, 0.3) is 11.0 Å². The van der Waals surface area contributed by atoms with Crippen molar-refractivity contribution in [1.82, 2.24) is 14.3 Å². The van der Waals surface area contributed by atoms with Crippen LogP contribution in [-0.4, -0.2) is 61.6 Å². The summed E-state index contributed by atoms with van der Waals surface area (Å²) >= 11 is 0. The Hall–Kier alpha value is -2.99. The van der Waals surface area contributed by atoms with Crippen molar-refractivity contribution in [1.29, 1.82) is 0 Å². The monoisotopic (exact) mass is 405 g/mol. The van der Waals surface area contributed by atoms with Gasteiger partial charge >= 0.3 is 5.69 Å². The number of aromatic nitrogens is 3. The van der Waals surface area contributed by atoms with Gasteiger partial charge in [-0.25, -0.2) is 4.79 Å². The molecule has 0 bridgehead atoms. The van der Waals surface area contributed by atoms with Crippen molar-refractivity contribution >= 4 is 11.0 Å². The molecule has 1 saturated heterocycles. The minimum atomic E-state index is -1.45. The van der Waals surface area contributed by atoms with Crippen LogP contribution in [0.3, 0.4) is 0 Å². The summed E-state index contributed by atoms with van der Waals surface area (Å²) in [7, 11) is 1.48. The Morgan fingerprint density at radius 1 is 1.21 bits per heavy atom. The Balaban J connectivity index is 1.76. The maximum absolute atomic E-state index is 12.9. The molecule has 0 spiro atoms. The van der Waals surface area contributed by atoms with Gasteiger partial charge in [0.25, 0.3) is 5.56 Å². The molecular formula is C18H19N3O8. The number of aliphatic hydroxyl groups is 3. The van der Waals surface area contributed by atoms with E-state index in [-0.39, 0.29) is 6.54 Å². The van der Waals surface area contributed by atoms with Gasteiger partial charge in [-0.2, -0.15) is 0 Å². The Kier molecular flexibility index (Phi) is 4.96. The van der Waals surface area contributed by atoms with Gasteiger partial charge in [-0.05, 0) is 12.1 Å². The highest BCUT2D eigenvalue weighted by atomic mass is 16.6. The molecule has 0 unspecified atom stereocenters. The van der Waals surface area contributed by atoms with E-state index in [2.05, 4.69) is 5.16 Å². The predicted octanol–water partition coefficient (Wildman–Crippen LogP) is -1.18. The molecule has 1 aliphatic heterocycles. The van der Waals surface area contributed by atoms with Crippen molar-refractivity contribution in [3.05, 3.63) is 57.0 Å². The molecule has 154 valence electrons. The fraction of sp³-hybridized carbons (Fsp3) is 0.389. The lowest BCUT2D eigenvalue weighted by molar-refractivity contribution is -0.0555. The summed E-state index contributed by atoms with van der Waals surface area (Å²) in [6.07, 6.45) is -3.97. The van der Waals surface area contributed by atoms with Gasteiger partial charge in [-0.3, -0.25) is 13.9 Å². The van der Waals surface area contributed by atoms with E-state index in [1.807, 2.05) is 0 Å². The third-order valence-corrected chi connectivity index (χ3v) is 4.95. The zero-order valence-corrected chi connectivity index (χ0v) is 15.3. The highest BCUT2D eigenvalue weighted by Crippen LogP contribution is 2.29. The SMILES string of the molecule is COc1cccc2onc(Cn3c(=O)ccn([C@@H]4O[C@H](CO)[C@H](O)[C@@H]4O)c3=O)c12. The Labute approximate surface area is 162 Å². The maximum Gasteiger partial charge on any atom is 0.333 e. The Morgan fingerprint density at radius 3 is 2.69 bits per heavy atom. The van der Waals surface area contributed by atoms with Gasteiger partial charge in [-0.15, -0.1) is 0 Å². The molecule has 3 N–H and O–H groups in total. The minimum Gasteiger partial charge on any atom is -0.496 e. The zero-order chi connectivity index (χ0) is 20.7. The fourth-order valence-corrected chi connectivity index (χ4v) is 3.43. The molecule has 1 aliphatic rings. The van der Waals surface area contributed by atoms with Crippen LogP contribution < -0.4 is 16.0 Å². The molecular weight excluding hydrogens is 386 g/mol. The molecule has 0 aliphatic carbocycles. The first-order chi connectivity index (χ1) is 14.0. The second-order valence-corrected chi connectivity index (χ2v) is 6.62. The molecule has 2 aromatic heterocycles. The predicted molar refractivity (Wildman–Crippen MR) is 97.6 cm³/mol. The largest absolute Gasteiger partial charge is 0.496 e. The molecule has 4 atom stereocenters. The average molecular weight is 405 g/mol. The number of ether oxygens (including phenoxy) is 2. The van der Waals surface area contributed by atoms with E-state index in [1.165, 1.54) is 13.3 Å². The summed E-state index contributed by atoms with van der Waals surface area (Å²) in [5.74, 6) is 0.478. The smallest absolute Gasteiger partial charge is 0.333 e. The molecule has 0 amide bonds. The molecule has 29 heavy (non-hydrogen) atoms. The van der Waals surface area contributed by atoms with Crippen LogP contribution in [0.15, 0.2) is 44.6 Å². The molecule has 0 radical (unpaired) electrons. The van der Waals surface area contributed by atoms with Crippen molar-refractivity contribution < 1.29 is 29.3 Å². The van der Waals surface area contributed by atoms with Crippen LogP contribution in [0, 0.1) is 0 Å². The van der Waals surface area contributed by atoms with Crippen molar-refractivity contribution in [2.24, 2.45) is 0 Å². The fourth-order valence-electron chi connectivity index (χ4n) is 3.43. The lowest BCUT2D eigenvalue weighted by atomic mass is 10.1. The number of aliphatic hydroxyl groups excluding tert-OH is 3. The molecule has 1 fully saturated rings. The third kappa shape index (κ3) is 3.13. The average Bonchev–Trinajstić information content (AvgIpc) is 3.26. The number of benzene rings is 1. The number of nitrogens with zero attached hydrogens (tertiary/aromatic N) is 3. The zero-order valence-electron chi connectivity index (χ0n) is 15.3. The van der Waals surface area contributed by atoms with Gasteiger partial charge in [0.2, 0.25) is 0 Å². The van der Waals surface area contributed by atoms with E-state index in [4.69, 9.17) is 14.0 Å². The van der Waals surface area contributed by atoms with Gasteiger partial charge in [0.15, 0.2) is 11.8 Å². The summed E-state index contributed by atoms with van der Waals surface area (Å²) in [4.78, 5) is 25.3. The molecule has 1 aromatic carbocycles. The van der Waals surface area contributed by atoms with E-state index in [0.717, 1.165) is 15.2 Å². The maximum atomic E-state index is 12.9. The Morgan fingerprint density at radius 2 is 2.00 bits per heavy atom. The first-order valence-corrected chi connectivity index (χ1v) is 8.82. The van der Waals surface area contributed by atoms with Gasteiger partial charge in [0, 0.05) is 12.3 Å². The highest BCUT2D eigenvalue weighted by Gasteiger charge is 2.43. The van der Waals surface area contributed by atoms with E-state index < -0.39 is 42.4 Å². The van der Waals surface area contributed by atoms with Crippen LogP contribution in [0.4, 0.5) is 0 Å². The van der Waals surface area contributed by atoms with Gasteiger partial charge in [0.1, 0.15) is 29.8 Å². The normalized spacial score (nSPS) is 24.3. The van der Waals surface area contributed by atoms with Crippen LogP contribution in [-0.2, 0) is 11.3 Å². The lowest BCUT2D eigenvalue weighted by Gasteiger charge is -2.18. The summed E-state index contributed by atoms with van der Waals surface area (Å²) in [5, 5.41) is 33.8. The van der Waals surface area contributed by atoms with E-state index in [0.29, 0.717) is 22.4 Å². The molecule has 4 rings (SSSR count). The van der Waals surface area contributed by atoms with Crippen LogP contribution in [0.2, 0.25) is 0 Å². The molecule has 11 heteroatoms. The quantitative estimate of drug-likeness (QED) is 0.477. The van der Waals surface area contributed by atoms with Gasteiger partial charge < -0.3 is 29.3 Å².